The second-order valence-corrected chi connectivity index (χ2v) is 3.66. The third kappa shape index (κ3) is 2.59. The van der Waals surface area contributed by atoms with E-state index >= 15 is 0 Å². The second-order valence-electron chi connectivity index (χ2n) is 2.50. The fraction of sp³-hybridized carbons (Fsp3) is 0. The highest BCUT2D eigenvalue weighted by Gasteiger charge is 2.08. The summed E-state index contributed by atoms with van der Waals surface area (Å²) in [5, 5.41) is 0. The Kier molecular flexibility index (Phi) is 4.66. The molecular weight excluding hydrogens is 404 g/mol. The van der Waals surface area contributed by atoms with E-state index in [9.17, 15) is 0 Å². The summed E-state index contributed by atoms with van der Waals surface area (Å²) in [6, 6.07) is 5.91. The Morgan fingerprint density at radius 2 is 2.14 bits per heavy atom. The summed E-state index contributed by atoms with van der Waals surface area (Å²) in [5.74, 6) is 0. The Morgan fingerprint density at radius 1 is 1.29 bits per heavy atom. The molecule has 0 bridgehead atoms. The molecule has 2 heterocycles. The number of halogens is 2. The number of pyridine rings is 1. The van der Waals surface area contributed by atoms with Crippen LogP contribution in [0.4, 0.5) is 0 Å². The number of nitrogens with one attached hydrogen (secondary N) is 1. The molecule has 1 N–H and O–H groups in total. The number of rotatable bonds is 1. The maximum absolute atomic E-state index is 4.20. The van der Waals surface area contributed by atoms with Crippen LogP contribution in [0.25, 0.3) is 11.4 Å². The molecule has 0 aliphatic rings. The number of H-pyrrole nitrogens is 1. The predicted molar refractivity (Wildman–Crippen MR) is 56.7 cm³/mol. The van der Waals surface area contributed by atoms with Crippen molar-refractivity contribution in [3.8, 4) is 11.4 Å². The van der Waals surface area contributed by atoms with E-state index < -0.39 is 0 Å². The van der Waals surface area contributed by atoms with Crippen LogP contribution < -0.4 is 29.0 Å². The standard InChI is InChI=1S/C9H6IN3.HI/c10-7-5-11-6-13-9(7)8-3-1-2-4-12-8;/h1-6H;1H. The van der Waals surface area contributed by atoms with Gasteiger partial charge in [0.25, 0.3) is 0 Å². The molecule has 0 saturated carbocycles. The van der Waals surface area contributed by atoms with Gasteiger partial charge in [0.15, 0.2) is 11.9 Å². The number of aromatic nitrogens is 3. The van der Waals surface area contributed by atoms with Crippen LogP contribution in [0.2, 0.25) is 0 Å². The summed E-state index contributed by atoms with van der Waals surface area (Å²) in [7, 11) is 0. The SMILES string of the molecule is Ic1cncnc1-c1cccc[nH+]1.[I-]. The van der Waals surface area contributed by atoms with Crippen LogP contribution in [-0.2, 0) is 0 Å². The first-order chi connectivity index (χ1) is 6.38. The van der Waals surface area contributed by atoms with Crippen molar-refractivity contribution in [3.05, 3.63) is 40.5 Å². The first kappa shape index (κ1) is 11.8. The Balaban J connectivity index is 0.000000980. The molecule has 0 spiro atoms. The van der Waals surface area contributed by atoms with Gasteiger partial charge in [0.05, 0.1) is 3.57 Å². The van der Waals surface area contributed by atoms with Crippen molar-refractivity contribution in [1.29, 1.82) is 0 Å². The van der Waals surface area contributed by atoms with Crippen molar-refractivity contribution in [3.63, 3.8) is 0 Å². The summed E-state index contributed by atoms with van der Waals surface area (Å²) in [6.45, 7) is 0. The van der Waals surface area contributed by atoms with E-state index in [4.69, 9.17) is 0 Å². The highest BCUT2D eigenvalue weighted by Crippen LogP contribution is 2.16. The van der Waals surface area contributed by atoms with Crippen molar-refractivity contribution in [1.82, 2.24) is 9.97 Å². The lowest BCUT2D eigenvalue weighted by molar-refractivity contribution is -0.365. The van der Waals surface area contributed by atoms with Crippen LogP contribution in [0.15, 0.2) is 36.9 Å². The molecule has 0 saturated heterocycles. The summed E-state index contributed by atoms with van der Waals surface area (Å²) in [6.07, 6.45) is 5.23. The molecule has 14 heavy (non-hydrogen) atoms. The molecule has 0 amide bonds. The van der Waals surface area contributed by atoms with Crippen molar-refractivity contribution < 1.29 is 29.0 Å². The molecule has 2 rings (SSSR count). The zero-order valence-electron chi connectivity index (χ0n) is 7.11. The largest absolute Gasteiger partial charge is 1.00 e. The van der Waals surface area contributed by atoms with E-state index in [-0.39, 0.29) is 24.0 Å². The molecule has 72 valence electrons. The van der Waals surface area contributed by atoms with Crippen molar-refractivity contribution in [2.24, 2.45) is 0 Å². The van der Waals surface area contributed by atoms with Crippen LogP contribution in [0.5, 0.6) is 0 Å². The van der Waals surface area contributed by atoms with Gasteiger partial charge in [-0.25, -0.2) is 15.0 Å². The normalized spacial score (nSPS) is 9.21. The average molecular weight is 411 g/mol. The molecule has 5 heteroatoms. The highest BCUT2D eigenvalue weighted by atomic mass is 127. The van der Waals surface area contributed by atoms with Crippen LogP contribution in [0.3, 0.4) is 0 Å². The smallest absolute Gasteiger partial charge is 0.230 e. The minimum atomic E-state index is 0. The lowest BCUT2D eigenvalue weighted by Gasteiger charge is -1.95. The van der Waals surface area contributed by atoms with Crippen molar-refractivity contribution in [2.45, 2.75) is 0 Å². The Hall–Kier alpha value is -0.310. The molecule has 3 nitrogen and oxygen atoms in total. The van der Waals surface area contributed by atoms with Crippen molar-refractivity contribution in [2.75, 3.05) is 0 Å². The van der Waals surface area contributed by atoms with Gasteiger partial charge in [-0.2, -0.15) is 0 Å². The molecule has 0 atom stereocenters. The van der Waals surface area contributed by atoms with E-state index in [1.807, 2.05) is 24.4 Å². The molecule has 2 aromatic heterocycles. The van der Waals surface area contributed by atoms with Gasteiger partial charge in [-0.15, -0.1) is 0 Å². The lowest BCUT2D eigenvalue weighted by atomic mass is 10.3. The van der Waals surface area contributed by atoms with E-state index in [0.29, 0.717) is 0 Å². The van der Waals surface area contributed by atoms with Crippen LogP contribution in [0.1, 0.15) is 0 Å². The van der Waals surface area contributed by atoms with Crippen LogP contribution >= 0.6 is 22.6 Å². The van der Waals surface area contributed by atoms with Gasteiger partial charge in [0, 0.05) is 18.3 Å². The number of hydrogen-bond donors (Lipinski definition) is 0. The zero-order chi connectivity index (χ0) is 9.10. The number of aromatic amines is 1. The molecule has 0 aliphatic carbocycles. The maximum atomic E-state index is 4.20. The van der Waals surface area contributed by atoms with E-state index in [1.54, 1.807) is 12.5 Å². The number of hydrogen-bond acceptors (Lipinski definition) is 2. The van der Waals surface area contributed by atoms with E-state index in [2.05, 4.69) is 37.5 Å². The summed E-state index contributed by atoms with van der Waals surface area (Å²) >= 11 is 2.22. The molecule has 0 aromatic carbocycles. The lowest BCUT2D eigenvalue weighted by Crippen LogP contribution is -3.00. The first-order valence-electron chi connectivity index (χ1n) is 3.80. The van der Waals surface area contributed by atoms with Gasteiger partial charge in [-0.1, -0.05) is 0 Å². The quantitative estimate of drug-likeness (QED) is 0.541. The van der Waals surface area contributed by atoms with Gasteiger partial charge in [-0.3, -0.25) is 0 Å². The fourth-order valence-electron chi connectivity index (χ4n) is 1.05. The average Bonchev–Trinajstić information content (AvgIpc) is 2.20. The Labute approximate surface area is 113 Å². The predicted octanol–water partition coefficient (Wildman–Crippen LogP) is -1.43. The fourth-order valence-corrected chi connectivity index (χ4v) is 1.64. The number of nitrogens with zero attached hydrogens (tertiary/aromatic N) is 2. The molecule has 0 radical (unpaired) electrons. The van der Waals surface area contributed by atoms with Gasteiger partial charge in [-0.05, 0) is 28.7 Å². The monoisotopic (exact) mass is 411 g/mol. The minimum Gasteiger partial charge on any atom is -1.00 e. The summed E-state index contributed by atoms with van der Waals surface area (Å²) in [4.78, 5) is 11.3. The first-order valence-corrected chi connectivity index (χ1v) is 4.88. The van der Waals surface area contributed by atoms with Crippen LogP contribution in [0, 0.1) is 3.57 Å². The van der Waals surface area contributed by atoms with E-state index in [0.717, 1.165) is 15.0 Å². The molecule has 0 unspecified atom stereocenters. The van der Waals surface area contributed by atoms with Crippen molar-refractivity contribution >= 4 is 22.6 Å². The molecule has 2 aromatic rings. The third-order valence-corrected chi connectivity index (χ3v) is 2.42. The maximum Gasteiger partial charge on any atom is 0.230 e. The summed E-state index contributed by atoms with van der Waals surface area (Å²) in [5.41, 5.74) is 1.95. The van der Waals surface area contributed by atoms with Gasteiger partial charge >= 0.3 is 0 Å². The highest BCUT2D eigenvalue weighted by molar-refractivity contribution is 14.1. The van der Waals surface area contributed by atoms with E-state index in [1.165, 1.54) is 0 Å². The molecule has 0 aliphatic heterocycles. The molecule has 0 fully saturated rings. The van der Waals surface area contributed by atoms with Gasteiger partial charge in [0.1, 0.15) is 6.33 Å². The second kappa shape index (κ2) is 5.54. The third-order valence-electron chi connectivity index (χ3n) is 1.63. The Bertz CT molecular complexity index is 406. The van der Waals surface area contributed by atoms with Gasteiger partial charge in [0.2, 0.25) is 5.69 Å². The minimum absolute atomic E-state index is 0. The molecular formula is C9H7I2N3. The Morgan fingerprint density at radius 3 is 2.79 bits per heavy atom. The zero-order valence-corrected chi connectivity index (χ0v) is 11.4. The topological polar surface area (TPSA) is 39.9 Å². The van der Waals surface area contributed by atoms with Crippen LogP contribution in [-0.4, -0.2) is 9.97 Å². The van der Waals surface area contributed by atoms with Gasteiger partial charge < -0.3 is 24.0 Å². The summed E-state index contributed by atoms with van der Waals surface area (Å²) < 4.78 is 1.04.